The number of ether oxygens (including phenoxy) is 1. The topological polar surface area (TPSA) is 72.4 Å². The van der Waals surface area contributed by atoms with E-state index in [4.69, 9.17) is 16.3 Å². The fourth-order valence-electron chi connectivity index (χ4n) is 2.78. The molecule has 25 heavy (non-hydrogen) atoms. The van der Waals surface area contributed by atoms with Crippen LogP contribution in [0.5, 0.6) is 5.88 Å². The molecule has 0 N–H and O–H groups in total. The smallest absolute Gasteiger partial charge is 0.218 e. The fourth-order valence-corrected chi connectivity index (χ4v) is 4.47. The van der Waals surface area contributed by atoms with E-state index in [1.165, 1.54) is 4.31 Å². The van der Waals surface area contributed by atoms with Crippen LogP contribution >= 0.6 is 11.6 Å². The highest BCUT2D eigenvalue weighted by molar-refractivity contribution is 7.88. The van der Waals surface area contributed by atoms with Gasteiger partial charge >= 0.3 is 0 Å². The van der Waals surface area contributed by atoms with Crippen LogP contribution < -0.4 is 4.74 Å². The molecule has 8 heteroatoms. The van der Waals surface area contributed by atoms with Gasteiger partial charge in [0.05, 0.1) is 5.75 Å². The molecule has 0 spiro atoms. The molecule has 0 unspecified atom stereocenters. The lowest BCUT2D eigenvalue weighted by atomic mass is 10.1. The molecule has 0 bridgehead atoms. The van der Waals surface area contributed by atoms with Crippen molar-refractivity contribution >= 4 is 21.6 Å². The second-order valence-corrected chi connectivity index (χ2v) is 8.45. The summed E-state index contributed by atoms with van der Waals surface area (Å²) in [5, 5.41) is 0.596. The first-order chi connectivity index (χ1) is 11.9. The first-order valence-electron chi connectivity index (χ1n) is 8.11. The molecule has 1 aliphatic rings. The standard InChI is InChI=1S/C17H20ClN3O3S/c1-13-19-9-6-17(20-13)24-16-7-10-21(11-8-16)25(22,23)12-14-2-4-15(18)5-3-14/h2-6,9,16H,7-8,10-12H2,1H3. The van der Waals surface area contributed by atoms with Gasteiger partial charge in [-0.3, -0.25) is 0 Å². The summed E-state index contributed by atoms with van der Waals surface area (Å²) in [5.41, 5.74) is 0.735. The van der Waals surface area contributed by atoms with E-state index in [-0.39, 0.29) is 11.9 Å². The molecule has 1 saturated heterocycles. The van der Waals surface area contributed by atoms with Gasteiger partial charge in [-0.2, -0.15) is 4.98 Å². The highest BCUT2D eigenvalue weighted by Crippen LogP contribution is 2.21. The Kier molecular flexibility index (Phi) is 5.56. The van der Waals surface area contributed by atoms with E-state index in [0.29, 0.717) is 42.7 Å². The van der Waals surface area contributed by atoms with Crippen LogP contribution in [-0.2, 0) is 15.8 Å². The van der Waals surface area contributed by atoms with Gasteiger partial charge in [0.1, 0.15) is 11.9 Å². The molecule has 1 aromatic heterocycles. The van der Waals surface area contributed by atoms with Crippen LogP contribution in [0, 0.1) is 6.92 Å². The second kappa shape index (κ2) is 7.68. The fraction of sp³-hybridized carbons (Fsp3) is 0.412. The predicted octanol–water partition coefficient (Wildman–Crippen LogP) is 2.81. The lowest BCUT2D eigenvalue weighted by Gasteiger charge is -2.31. The number of hydrogen-bond acceptors (Lipinski definition) is 5. The summed E-state index contributed by atoms with van der Waals surface area (Å²) < 4.78 is 32.5. The Morgan fingerprint density at radius 2 is 1.88 bits per heavy atom. The average Bonchev–Trinajstić information content (AvgIpc) is 2.57. The van der Waals surface area contributed by atoms with Crippen molar-refractivity contribution in [2.75, 3.05) is 13.1 Å². The zero-order chi connectivity index (χ0) is 17.9. The molecule has 134 valence electrons. The summed E-state index contributed by atoms with van der Waals surface area (Å²) >= 11 is 5.84. The zero-order valence-electron chi connectivity index (χ0n) is 13.9. The number of aryl methyl sites for hydroxylation is 1. The lowest BCUT2D eigenvalue weighted by Crippen LogP contribution is -2.42. The quantitative estimate of drug-likeness (QED) is 0.796. The van der Waals surface area contributed by atoms with Crippen LogP contribution in [0.25, 0.3) is 0 Å². The van der Waals surface area contributed by atoms with Gasteiger partial charge in [0.15, 0.2) is 0 Å². The van der Waals surface area contributed by atoms with Gasteiger partial charge in [-0.15, -0.1) is 0 Å². The first-order valence-corrected chi connectivity index (χ1v) is 10.1. The van der Waals surface area contributed by atoms with Crippen molar-refractivity contribution < 1.29 is 13.2 Å². The van der Waals surface area contributed by atoms with E-state index in [1.807, 2.05) is 0 Å². The molecular weight excluding hydrogens is 362 g/mol. The minimum absolute atomic E-state index is 0.0131. The van der Waals surface area contributed by atoms with E-state index in [2.05, 4.69) is 9.97 Å². The number of sulfonamides is 1. The normalized spacial score (nSPS) is 16.7. The summed E-state index contributed by atoms with van der Waals surface area (Å²) in [6.45, 7) is 2.70. The summed E-state index contributed by atoms with van der Waals surface area (Å²) in [7, 11) is -3.34. The minimum Gasteiger partial charge on any atom is -0.474 e. The van der Waals surface area contributed by atoms with Gasteiger partial charge in [0.25, 0.3) is 0 Å². The molecule has 1 fully saturated rings. The summed E-state index contributed by atoms with van der Waals surface area (Å²) in [6.07, 6.45) is 2.91. The van der Waals surface area contributed by atoms with Crippen molar-refractivity contribution in [2.45, 2.75) is 31.6 Å². The Morgan fingerprint density at radius 1 is 1.20 bits per heavy atom. The number of rotatable bonds is 5. The second-order valence-electron chi connectivity index (χ2n) is 6.04. The maximum atomic E-state index is 12.6. The van der Waals surface area contributed by atoms with Crippen molar-refractivity contribution in [3.05, 3.63) is 52.9 Å². The van der Waals surface area contributed by atoms with Gasteiger partial charge in [-0.1, -0.05) is 23.7 Å². The summed E-state index contributed by atoms with van der Waals surface area (Å²) in [6, 6.07) is 8.61. The van der Waals surface area contributed by atoms with Gasteiger partial charge in [-0.25, -0.2) is 17.7 Å². The third kappa shape index (κ3) is 4.90. The maximum absolute atomic E-state index is 12.6. The minimum atomic E-state index is -3.34. The van der Waals surface area contributed by atoms with Crippen molar-refractivity contribution in [3.8, 4) is 5.88 Å². The Morgan fingerprint density at radius 3 is 2.52 bits per heavy atom. The molecule has 0 aliphatic carbocycles. The lowest BCUT2D eigenvalue weighted by molar-refractivity contribution is 0.129. The number of aromatic nitrogens is 2. The van der Waals surface area contributed by atoms with Gasteiger partial charge in [0, 0.05) is 30.4 Å². The number of hydrogen-bond donors (Lipinski definition) is 0. The van der Waals surface area contributed by atoms with Crippen LogP contribution in [0.2, 0.25) is 5.02 Å². The number of piperidine rings is 1. The third-order valence-corrected chi connectivity index (χ3v) is 6.20. The van der Waals surface area contributed by atoms with Crippen molar-refractivity contribution in [1.29, 1.82) is 0 Å². The monoisotopic (exact) mass is 381 g/mol. The van der Waals surface area contributed by atoms with Gasteiger partial charge in [0.2, 0.25) is 15.9 Å². The number of halogens is 1. The first kappa shape index (κ1) is 18.1. The summed E-state index contributed by atoms with van der Waals surface area (Å²) in [5.74, 6) is 1.18. The average molecular weight is 382 g/mol. The molecule has 2 aromatic rings. The molecule has 1 aromatic carbocycles. The third-order valence-electron chi connectivity index (χ3n) is 4.09. The Labute approximate surface area is 152 Å². The predicted molar refractivity (Wildman–Crippen MR) is 96.1 cm³/mol. The van der Waals surface area contributed by atoms with Crippen LogP contribution in [0.4, 0.5) is 0 Å². The van der Waals surface area contributed by atoms with Crippen LogP contribution in [0.3, 0.4) is 0 Å². The molecule has 0 amide bonds. The van der Waals surface area contributed by atoms with E-state index in [0.717, 1.165) is 5.56 Å². The SMILES string of the molecule is Cc1nccc(OC2CCN(S(=O)(=O)Cc3ccc(Cl)cc3)CC2)n1. The number of benzene rings is 1. The van der Waals surface area contributed by atoms with E-state index < -0.39 is 10.0 Å². The molecule has 1 aliphatic heterocycles. The van der Waals surface area contributed by atoms with Crippen LogP contribution in [-0.4, -0.2) is 41.9 Å². The Hall–Kier alpha value is -1.70. The van der Waals surface area contributed by atoms with Crippen molar-refractivity contribution in [2.24, 2.45) is 0 Å². The largest absolute Gasteiger partial charge is 0.474 e. The van der Waals surface area contributed by atoms with E-state index >= 15 is 0 Å². The highest BCUT2D eigenvalue weighted by Gasteiger charge is 2.29. The molecule has 0 atom stereocenters. The molecule has 2 heterocycles. The zero-order valence-corrected chi connectivity index (χ0v) is 15.5. The highest BCUT2D eigenvalue weighted by atomic mass is 35.5. The van der Waals surface area contributed by atoms with Crippen molar-refractivity contribution in [1.82, 2.24) is 14.3 Å². The van der Waals surface area contributed by atoms with E-state index in [1.54, 1.807) is 43.5 Å². The summed E-state index contributed by atoms with van der Waals surface area (Å²) in [4.78, 5) is 8.26. The molecule has 0 saturated carbocycles. The molecule has 6 nitrogen and oxygen atoms in total. The maximum Gasteiger partial charge on any atom is 0.218 e. The van der Waals surface area contributed by atoms with Crippen LogP contribution in [0.15, 0.2) is 36.5 Å². The van der Waals surface area contributed by atoms with Gasteiger partial charge < -0.3 is 4.74 Å². The van der Waals surface area contributed by atoms with Crippen LogP contribution in [0.1, 0.15) is 24.2 Å². The van der Waals surface area contributed by atoms with Crippen molar-refractivity contribution in [3.63, 3.8) is 0 Å². The van der Waals surface area contributed by atoms with Gasteiger partial charge in [-0.05, 0) is 37.5 Å². The number of nitrogens with zero attached hydrogens (tertiary/aromatic N) is 3. The molecule has 3 rings (SSSR count). The Balaban J connectivity index is 1.56. The Bertz CT molecular complexity index is 819. The van der Waals surface area contributed by atoms with E-state index in [9.17, 15) is 8.42 Å². The molecular formula is C17H20ClN3O3S. The molecule has 0 radical (unpaired) electrons.